The second kappa shape index (κ2) is 8.26. The highest BCUT2D eigenvalue weighted by Gasteiger charge is 2.23. The molecule has 0 fully saturated rings. The summed E-state index contributed by atoms with van der Waals surface area (Å²) in [5, 5.41) is 11.4. The van der Waals surface area contributed by atoms with E-state index < -0.39 is 20.6 Å². The van der Waals surface area contributed by atoms with Crippen molar-refractivity contribution in [1.82, 2.24) is 9.62 Å². The first kappa shape index (κ1) is 19.8. The van der Waals surface area contributed by atoms with E-state index in [9.17, 15) is 18.5 Å². The largest absolute Gasteiger partial charge is 0.450 e. The normalized spacial score (nSPS) is 11.5. The fraction of sp³-hybridized carbons (Fsp3) is 0.294. The Labute approximate surface area is 152 Å². The van der Waals surface area contributed by atoms with Gasteiger partial charge in [0.2, 0.25) is 15.8 Å². The fourth-order valence-corrected chi connectivity index (χ4v) is 3.21. The predicted octanol–water partition coefficient (Wildman–Crippen LogP) is 2.54. The molecule has 0 aliphatic heterocycles. The SMILES string of the molecule is Cc1ccccc1Oc1ccc(S(=O)(=O)NCCN(C)C)cc1[N+](=O)[O-]. The highest BCUT2D eigenvalue weighted by molar-refractivity contribution is 7.89. The minimum atomic E-state index is -3.85. The summed E-state index contributed by atoms with van der Waals surface area (Å²) in [5.74, 6) is 0.451. The van der Waals surface area contributed by atoms with Gasteiger partial charge in [0, 0.05) is 19.2 Å². The minimum Gasteiger partial charge on any atom is -0.450 e. The highest BCUT2D eigenvalue weighted by atomic mass is 32.2. The number of likely N-dealkylation sites (N-methyl/N-ethyl adjacent to an activating group) is 1. The lowest BCUT2D eigenvalue weighted by Crippen LogP contribution is -2.31. The topological polar surface area (TPSA) is 102 Å². The number of ether oxygens (including phenoxy) is 1. The molecule has 0 unspecified atom stereocenters. The first-order chi connectivity index (χ1) is 12.2. The van der Waals surface area contributed by atoms with Crippen LogP contribution >= 0.6 is 0 Å². The van der Waals surface area contributed by atoms with E-state index in [0.29, 0.717) is 12.3 Å². The first-order valence-electron chi connectivity index (χ1n) is 7.87. The maximum absolute atomic E-state index is 12.3. The summed E-state index contributed by atoms with van der Waals surface area (Å²) in [7, 11) is -0.214. The molecular weight excluding hydrogens is 358 g/mol. The molecule has 140 valence electrons. The molecule has 0 saturated carbocycles. The standard InChI is InChI=1S/C17H21N3O5S/c1-13-6-4-5-7-16(13)25-17-9-8-14(12-15(17)20(21)22)26(23,24)18-10-11-19(2)3/h4-9,12,18H,10-11H2,1-3H3. The molecule has 9 heteroatoms. The van der Waals surface area contributed by atoms with Crippen LogP contribution in [0.4, 0.5) is 5.69 Å². The number of nitro benzene ring substituents is 1. The molecular formula is C17H21N3O5S. The molecule has 0 radical (unpaired) electrons. The first-order valence-corrected chi connectivity index (χ1v) is 9.35. The van der Waals surface area contributed by atoms with Crippen molar-refractivity contribution in [2.24, 2.45) is 0 Å². The summed E-state index contributed by atoms with van der Waals surface area (Å²) in [6.07, 6.45) is 0. The molecule has 2 aromatic rings. The molecule has 26 heavy (non-hydrogen) atoms. The summed E-state index contributed by atoms with van der Waals surface area (Å²) in [4.78, 5) is 12.4. The summed E-state index contributed by atoms with van der Waals surface area (Å²) in [6, 6.07) is 10.7. The van der Waals surface area contributed by atoms with E-state index in [2.05, 4.69) is 4.72 Å². The number of benzene rings is 2. The van der Waals surface area contributed by atoms with Gasteiger partial charge in [-0.2, -0.15) is 0 Å². The van der Waals surface area contributed by atoms with Crippen LogP contribution < -0.4 is 9.46 Å². The van der Waals surface area contributed by atoms with Crippen LogP contribution in [0.15, 0.2) is 47.4 Å². The van der Waals surface area contributed by atoms with E-state index in [1.54, 1.807) is 12.1 Å². The van der Waals surface area contributed by atoms with Gasteiger partial charge < -0.3 is 9.64 Å². The smallest absolute Gasteiger partial charge is 0.312 e. The molecule has 0 bridgehead atoms. The number of hydrogen-bond donors (Lipinski definition) is 1. The zero-order valence-corrected chi connectivity index (χ0v) is 15.6. The van der Waals surface area contributed by atoms with Gasteiger partial charge in [-0.15, -0.1) is 0 Å². The second-order valence-electron chi connectivity index (χ2n) is 5.96. The lowest BCUT2D eigenvalue weighted by Gasteiger charge is -2.12. The molecule has 2 rings (SSSR count). The predicted molar refractivity (Wildman–Crippen MR) is 98.1 cm³/mol. The Morgan fingerprint density at radius 1 is 1.15 bits per heavy atom. The van der Waals surface area contributed by atoms with E-state index in [0.717, 1.165) is 11.6 Å². The van der Waals surface area contributed by atoms with E-state index in [-0.39, 0.29) is 17.2 Å². The van der Waals surface area contributed by atoms with Crippen LogP contribution in [0.3, 0.4) is 0 Å². The number of aryl methyl sites for hydroxylation is 1. The van der Waals surface area contributed by atoms with Crippen molar-refractivity contribution in [3.05, 3.63) is 58.1 Å². The third kappa shape index (κ3) is 5.01. The average Bonchev–Trinajstić information content (AvgIpc) is 2.56. The molecule has 0 aliphatic carbocycles. The van der Waals surface area contributed by atoms with Crippen LogP contribution in [-0.4, -0.2) is 45.4 Å². The number of sulfonamides is 1. The number of nitrogens with one attached hydrogen (secondary N) is 1. The molecule has 0 atom stereocenters. The fourth-order valence-electron chi connectivity index (χ4n) is 2.17. The highest BCUT2D eigenvalue weighted by Crippen LogP contribution is 2.34. The zero-order chi connectivity index (χ0) is 19.3. The summed E-state index contributed by atoms with van der Waals surface area (Å²) >= 11 is 0. The van der Waals surface area contributed by atoms with Crippen LogP contribution in [0.25, 0.3) is 0 Å². The number of rotatable bonds is 8. The van der Waals surface area contributed by atoms with Gasteiger partial charge in [0.25, 0.3) is 0 Å². The van der Waals surface area contributed by atoms with Crippen molar-refractivity contribution >= 4 is 15.7 Å². The average molecular weight is 379 g/mol. The Hall–Kier alpha value is -2.49. The van der Waals surface area contributed by atoms with Gasteiger partial charge in [-0.1, -0.05) is 18.2 Å². The lowest BCUT2D eigenvalue weighted by molar-refractivity contribution is -0.385. The van der Waals surface area contributed by atoms with Gasteiger partial charge >= 0.3 is 5.69 Å². The minimum absolute atomic E-state index is 0.0171. The van der Waals surface area contributed by atoms with Crippen LogP contribution in [0.1, 0.15) is 5.56 Å². The molecule has 0 amide bonds. The molecule has 2 aromatic carbocycles. The number of nitro groups is 1. The molecule has 0 saturated heterocycles. The molecule has 0 aromatic heterocycles. The Balaban J connectivity index is 2.31. The third-order valence-corrected chi connectivity index (χ3v) is 5.06. The molecule has 8 nitrogen and oxygen atoms in total. The number of para-hydroxylation sites is 1. The Morgan fingerprint density at radius 3 is 2.46 bits per heavy atom. The Bertz CT molecular complexity index is 897. The van der Waals surface area contributed by atoms with Gasteiger partial charge in [-0.05, 0) is 44.8 Å². The maximum Gasteiger partial charge on any atom is 0.312 e. The zero-order valence-electron chi connectivity index (χ0n) is 14.8. The van der Waals surface area contributed by atoms with Gasteiger partial charge in [0.15, 0.2) is 0 Å². The molecule has 0 aliphatic rings. The molecule has 0 spiro atoms. The van der Waals surface area contributed by atoms with Gasteiger partial charge in [0.1, 0.15) is 5.75 Å². The van der Waals surface area contributed by atoms with E-state index in [1.165, 1.54) is 12.1 Å². The van der Waals surface area contributed by atoms with Crippen LogP contribution in [0.2, 0.25) is 0 Å². The van der Waals surface area contributed by atoms with E-state index >= 15 is 0 Å². The van der Waals surface area contributed by atoms with Gasteiger partial charge in [-0.25, -0.2) is 13.1 Å². The van der Waals surface area contributed by atoms with Gasteiger partial charge in [-0.3, -0.25) is 10.1 Å². The van der Waals surface area contributed by atoms with Gasteiger partial charge in [0.05, 0.1) is 9.82 Å². The molecule has 1 N–H and O–H groups in total. The lowest BCUT2D eigenvalue weighted by atomic mass is 10.2. The van der Waals surface area contributed by atoms with Crippen LogP contribution in [0.5, 0.6) is 11.5 Å². The second-order valence-corrected chi connectivity index (χ2v) is 7.72. The molecule has 0 heterocycles. The summed E-state index contributed by atoms with van der Waals surface area (Å²) in [5.41, 5.74) is 0.396. The van der Waals surface area contributed by atoms with Crippen molar-refractivity contribution in [1.29, 1.82) is 0 Å². The maximum atomic E-state index is 12.3. The number of nitrogens with zero attached hydrogens (tertiary/aromatic N) is 2. The van der Waals surface area contributed by atoms with Crippen molar-refractivity contribution in [3.8, 4) is 11.5 Å². The van der Waals surface area contributed by atoms with E-state index in [4.69, 9.17) is 4.74 Å². The number of hydrogen-bond acceptors (Lipinski definition) is 6. The van der Waals surface area contributed by atoms with E-state index in [1.807, 2.05) is 38.1 Å². The van der Waals surface area contributed by atoms with Crippen molar-refractivity contribution in [2.75, 3.05) is 27.2 Å². The Morgan fingerprint density at radius 2 is 1.85 bits per heavy atom. The summed E-state index contributed by atoms with van der Waals surface area (Å²) < 4.78 is 32.7. The Kier molecular flexibility index (Phi) is 6.30. The monoisotopic (exact) mass is 379 g/mol. The quantitative estimate of drug-likeness (QED) is 0.559. The van der Waals surface area contributed by atoms with Crippen LogP contribution in [0, 0.1) is 17.0 Å². The van der Waals surface area contributed by atoms with Crippen molar-refractivity contribution < 1.29 is 18.1 Å². The summed E-state index contributed by atoms with van der Waals surface area (Å²) in [6.45, 7) is 2.52. The third-order valence-electron chi connectivity index (χ3n) is 3.60. The van der Waals surface area contributed by atoms with Crippen molar-refractivity contribution in [2.45, 2.75) is 11.8 Å². The van der Waals surface area contributed by atoms with Crippen LogP contribution in [-0.2, 0) is 10.0 Å². The van der Waals surface area contributed by atoms with Crippen molar-refractivity contribution in [3.63, 3.8) is 0 Å².